The van der Waals surface area contributed by atoms with E-state index in [1.54, 1.807) is 6.07 Å². The molecule has 1 aromatic rings. The minimum atomic E-state index is 0.182. The number of nitrogens with zero attached hydrogens (tertiary/aromatic N) is 2. The normalized spacial score (nSPS) is 31.2. The Balaban J connectivity index is 1.76. The Morgan fingerprint density at radius 1 is 1.40 bits per heavy atom. The summed E-state index contributed by atoms with van der Waals surface area (Å²) in [5.74, 6) is 0.632. The lowest BCUT2D eigenvalue weighted by atomic mass is 9.57. The van der Waals surface area contributed by atoms with Gasteiger partial charge in [0.2, 0.25) is 0 Å². The van der Waals surface area contributed by atoms with Gasteiger partial charge >= 0.3 is 0 Å². The molecular formula is C15H20Cl2N2O. The quantitative estimate of drug-likeness (QED) is 0.797. The molecular weight excluding hydrogens is 295 g/mol. The van der Waals surface area contributed by atoms with Crippen LogP contribution in [0.25, 0.3) is 0 Å². The minimum Gasteiger partial charge on any atom is -0.377 e. The van der Waals surface area contributed by atoms with Crippen molar-refractivity contribution in [1.29, 1.82) is 0 Å². The van der Waals surface area contributed by atoms with Crippen molar-refractivity contribution in [1.82, 2.24) is 9.88 Å². The average Bonchev–Trinajstić information content (AvgIpc) is 2.79. The van der Waals surface area contributed by atoms with Gasteiger partial charge in [-0.2, -0.15) is 0 Å². The Bertz CT molecular complexity index is 521. The van der Waals surface area contributed by atoms with E-state index in [1.165, 1.54) is 0 Å². The lowest BCUT2D eigenvalue weighted by Gasteiger charge is -2.58. The van der Waals surface area contributed by atoms with Gasteiger partial charge in [0.15, 0.2) is 0 Å². The van der Waals surface area contributed by atoms with E-state index in [2.05, 4.69) is 30.8 Å². The SMILES string of the molecule is CN(Cc1nc(Cl)ccc1Cl)[C@@H]1[C@@H]2CCO[C@H]2C1(C)C. The zero-order valence-electron chi connectivity index (χ0n) is 12.1. The third kappa shape index (κ3) is 2.25. The fourth-order valence-electron chi connectivity index (χ4n) is 4.10. The van der Waals surface area contributed by atoms with E-state index >= 15 is 0 Å². The van der Waals surface area contributed by atoms with Gasteiger partial charge in [-0.1, -0.05) is 37.0 Å². The van der Waals surface area contributed by atoms with Crippen LogP contribution in [0.5, 0.6) is 0 Å². The minimum absolute atomic E-state index is 0.182. The molecule has 1 saturated carbocycles. The van der Waals surface area contributed by atoms with Crippen LogP contribution >= 0.6 is 23.2 Å². The molecule has 0 radical (unpaired) electrons. The van der Waals surface area contributed by atoms with Crippen LogP contribution in [-0.4, -0.2) is 35.7 Å². The number of pyridine rings is 1. The highest BCUT2D eigenvalue weighted by Crippen LogP contribution is 2.54. The molecule has 3 rings (SSSR count). The zero-order valence-corrected chi connectivity index (χ0v) is 13.6. The molecule has 0 spiro atoms. The first kappa shape index (κ1) is 14.6. The summed E-state index contributed by atoms with van der Waals surface area (Å²) in [6.45, 7) is 6.18. The van der Waals surface area contributed by atoms with Crippen molar-refractivity contribution >= 4 is 23.2 Å². The molecule has 0 unspecified atom stereocenters. The van der Waals surface area contributed by atoms with E-state index in [0.717, 1.165) is 25.3 Å². The number of ether oxygens (including phenoxy) is 1. The van der Waals surface area contributed by atoms with Crippen LogP contribution < -0.4 is 0 Å². The monoisotopic (exact) mass is 314 g/mol. The maximum absolute atomic E-state index is 6.22. The van der Waals surface area contributed by atoms with Gasteiger partial charge in [-0.15, -0.1) is 0 Å². The lowest BCUT2D eigenvalue weighted by Crippen LogP contribution is -2.65. The largest absolute Gasteiger partial charge is 0.377 e. The highest BCUT2D eigenvalue weighted by molar-refractivity contribution is 6.32. The molecule has 2 aliphatic rings. The molecule has 3 nitrogen and oxygen atoms in total. The van der Waals surface area contributed by atoms with Crippen LogP contribution in [0.3, 0.4) is 0 Å². The third-order valence-corrected chi connectivity index (χ3v) is 5.35. The van der Waals surface area contributed by atoms with Crippen molar-refractivity contribution in [2.45, 2.75) is 39.0 Å². The number of hydrogen-bond acceptors (Lipinski definition) is 3. The smallest absolute Gasteiger partial charge is 0.129 e. The van der Waals surface area contributed by atoms with Crippen LogP contribution in [0.1, 0.15) is 26.0 Å². The maximum Gasteiger partial charge on any atom is 0.129 e. The van der Waals surface area contributed by atoms with Crippen molar-refractivity contribution in [2.75, 3.05) is 13.7 Å². The molecule has 3 atom stereocenters. The third-order valence-electron chi connectivity index (χ3n) is 4.80. The number of fused-ring (bicyclic) bond motifs is 1. The van der Waals surface area contributed by atoms with Gasteiger partial charge in [0.05, 0.1) is 16.8 Å². The second-order valence-electron chi connectivity index (χ2n) is 6.49. The summed E-state index contributed by atoms with van der Waals surface area (Å²) in [6.07, 6.45) is 1.55. The first-order chi connectivity index (χ1) is 9.41. The van der Waals surface area contributed by atoms with E-state index < -0.39 is 0 Å². The van der Waals surface area contributed by atoms with Crippen LogP contribution in [0.15, 0.2) is 12.1 Å². The first-order valence-corrected chi connectivity index (χ1v) is 7.79. The van der Waals surface area contributed by atoms with Gasteiger partial charge in [-0.3, -0.25) is 4.90 Å². The number of rotatable bonds is 3. The Kier molecular flexibility index (Phi) is 3.74. The Morgan fingerprint density at radius 2 is 2.15 bits per heavy atom. The van der Waals surface area contributed by atoms with Gasteiger partial charge in [-0.25, -0.2) is 4.98 Å². The Labute approximate surface area is 130 Å². The van der Waals surface area contributed by atoms with E-state index in [9.17, 15) is 0 Å². The van der Waals surface area contributed by atoms with Gasteiger partial charge in [-0.05, 0) is 25.6 Å². The molecule has 0 N–H and O–H groups in total. The van der Waals surface area contributed by atoms with Gasteiger partial charge in [0.1, 0.15) is 5.15 Å². The molecule has 1 aliphatic carbocycles. The number of aromatic nitrogens is 1. The molecule has 1 aromatic heterocycles. The average molecular weight is 315 g/mol. The Hall–Kier alpha value is -0.350. The fourth-order valence-corrected chi connectivity index (χ4v) is 4.43. The van der Waals surface area contributed by atoms with Crippen LogP contribution in [0.2, 0.25) is 10.2 Å². The van der Waals surface area contributed by atoms with Crippen molar-refractivity contribution < 1.29 is 4.74 Å². The molecule has 20 heavy (non-hydrogen) atoms. The fraction of sp³-hybridized carbons (Fsp3) is 0.667. The molecule has 5 heteroatoms. The van der Waals surface area contributed by atoms with Crippen molar-refractivity contribution in [3.8, 4) is 0 Å². The molecule has 110 valence electrons. The predicted octanol–water partition coefficient (Wildman–Crippen LogP) is 3.63. The van der Waals surface area contributed by atoms with Crippen LogP contribution in [0, 0.1) is 11.3 Å². The number of hydrogen-bond donors (Lipinski definition) is 0. The lowest BCUT2D eigenvalue weighted by molar-refractivity contribution is -0.151. The highest BCUT2D eigenvalue weighted by atomic mass is 35.5. The summed E-state index contributed by atoms with van der Waals surface area (Å²) in [7, 11) is 2.14. The van der Waals surface area contributed by atoms with Gasteiger partial charge < -0.3 is 4.74 Å². The Morgan fingerprint density at radius 3 is 2.90 bits per heavy atom. The summed E-state index contributed by atoms with van der Waals surface area (Å²) in [5.41, 5.74) is 1.03. The van der Waals surface area contributed by atoms with Crippen molar-refractivity contribution in [3.05, 3.63) is 28.0 Å². The molecule has 1 aliphatic heterocycles. The summed E-state index contributed by atoms with van der Waals surface area (Å²) in [5, 5.41) is 1.17. The molecule has 0 bridgehead atoms. The molecule has 2 fully saturated rings. The summed E-state index contributed by atoms with van der Waals surface area (Å²) < 4.78 is 5.85. The summed E-state index contributed by atoms with van der Waals surface area (Å²) >= 11 is 12.2. The van der Waals surface area contributed by atoms with Crippen LogP contribution in [0.4, 0.5) is 0 Å². The van der Waals surface area contributed by atoms with Crippen molar-refractivity contribution in [3.63, 3.8) is 0 Å². The van der Waals surface area contributed by atoms with Gasteiger partial charge in [0, 0.05) is 30.5 Å². The van der Waals surface area contributed by atoms with Crippen LogP contribution in [-0.2, 0) is 11.3 Å². The summed E-state index contributed by atoms with van der Waals surface area (Å²) in [6, 6.07) is 4.04. The first-order valence-electron chi connectivity index (χ1n) is 7.04. The van der Waals surface area contributed by atoms with E-state index in [0.29, 0.717) is 28.2 Å². The van der Waals surface area contributed by atoms with E-state index in [4.69, 9.17) is 27.9 Å². The molecule has 0 amide bonds. The predicted molar refractivity (Wildman–Crippen MR) is 81.1 cm³/mol. The zero-order chi connectivity index (χ0) is 14.5. The highest BCUT2D eigenvalue weighted by Gasteiger charge is 2.60. The number of halogens is 2. The molecule has 1 saturated heterocycles. The van der Waals surface area contributed by atoms with Gasteiger partial charge in [0.25, 0.3) is 0 Å². The second kappa shape index (κ2) is 5.13. The molecule has 2 heterocycles. The van der Waals surface area contributed by atoms with E-state index in [1.807, 2.05) is 6.07 Å². The second-order valence-corrected chi connectivity index (χ2v) is 7.28. The van der Waals surface area contributed by atoms with E-state index in [-0.39, 0.29) is 5.41 Å². The summed E-state index contributed by atoms with van der Waals surface area (Å²) in [4.78, 5) is 6.69. The van der Waals surface area contributed by atoms with Crippen molar-refractivity contribution in [2.24, 2.45) is 11.3 Å². The topological polar surface area (TPSA) is 25.4 Å². The standard InChI is InChI=1S/C15H20Cl2N2O/c1-15(2)13(9-6-7-20-14(9)15)19(3)8-11-10(16)4-5-12(17)18-11/h4-5,9,13-14H,6-8H2,1-3H3/t9-,13+,14+/m0/s1. The maximum atomic E-state index is 6.22. The molecule has 0 aromatic carbocycles.